The van der Waals surface area contributed by atoms with Crippen LogP contribution in [-0.2, 0) is 13.5 Å². The van der Waals surface area contributed by atoms with Crippen molar-refractivity contribution in [2.75, 3.05) is 18.8 Å². The van der Waals surface area contributed by atoms with E-state index in [0.717, 1.165) is 25.7 Å². The predicted octanol–water partition coefficient (Wildman–Crippen LogP) is 3.80. The molecule has 4 N–H and O–H groups in total. The largest absolute Gasteiger partial charge is 0.465 e. The number of piperidine rings is 1. The minimum Gasteiger partial charge on any atom is -0.465 e. The Morgan fingerprint density at radius 3 is 2.80 bits per heavy atom. The number of carbonyl (C=O) groups is 2. The number of amides is 2. The van der Waals surface area contributed by atoms with Gasteiger partial charge in [-0.2, -0.15) is 0 Å². The van der Waals surface area contributed by atoms with Gasteiger partial charge >= 0.3 is 6.09 Å². The van der Waals surface area contributed by atoms with Gasteiger partial charge in [0.25, 0.3) is 5.91 Å². The lowest BCUT2D eigenvalue weighted by atomic mass is 9.97. The Labute approximate surface area is 231 Å². The number of rotatable bonds is 5. The molecule has 3 heterocycles. The van der Waals surface area contributed by atoms with Gasteiger partial charge in [-0.3, -0.25) is 9.48 Å². The highest BCUT2D eigenvalue weighted by atomic mass is 16.4. The predicted molar refractivity (Wildman–Crippen MR) is 148 cm³/mol. The Morgan fingerprint density at radius 2 is 1.95 bits per heavy atom. The Kier molecular flexibility index (Phi) is 6.63. The molecule has 0 saturated carbocycles. The molecule has 1 aliphatic carbocycles. The maximum Gasteiger partial charge on any atom is 0.407 e. The summed E-state index contributed by atoms with van der Waals surface area (Å²) in [6, 6.07) is 15.5. The third-order valence-corrected chi connectivity index (χ3v) is 7.73. The fraction of sp³-hybridized carbons (Fsp3) is 0.310. The van der Waals surface area contributed by atoms with Gasteiger partial charge in [0.2, 0.25) is 5.82 Å². The zero-order chi connectivity index (χ0) is 27.8. The summed E-state index contributed by atoms with van der Waals surface area (Å²) >= 11 is 0. The summed E-state index contributed by atoms with van der Waals surface area (Å²) < 4.78 is 1.66. The van der Waals surface area contributed by atoms with E-state index in [0.29, 0.717) is 47.3 Å². The molecule has 2 aromatic heterocycles. The number of nitrogens with zero attached hydrogens (tertiary/aromatic N) is 6. The molecular weight excluding hydrogens is 508 g/mol. The first-order valence-electron chi connectivity index (χ1n) is 13.4. The highest BCUT2D eigenvalue weighted by Gasteiger charge is 2.29. The number of aromatic nitrogens is 5. The summed E-state index contributed by atoms with van der Waals surface area (Å²) in [6.45, 7) is 0.881. The van der Waals surface area contributed by atoms with Gasteiger partial charge in [-0.15, -0.1) is 5.10 Å². The third kappa shape index (κ3) is 4.86. The van der Waals surface area contributed by atoms with Crippen molar-refractivity contribution in [2.45, 2.75) is 37.6 Å². The number of nitrogens with one attached hydrogen (secondary N) is 1. The van der Waals surface area contributed by atoms with Crippen LogP contribution in [0.5, 0.6) is 0 Å². The second-order valence-electron chi connectivity index (χ2n) is 10.3. The van der Waals surface area contributed by atoms with Crippen LogP contribution in [0.1, 0.15) is 58.5 Å². The van der Waals surface area contributed by atoms with E-state index in [1.807, 2.05) is 24.3 Å². The van der Waals surface area contributed by atoms with E-state index in [1.165, 1.54) is 16.0 Å². The Morgan fingerprint density at radius 1 is 1.10 bits per heavy atom. The lowest BCUT2D eigenvalue weighted by Gasteiger charge is -2.29. The van der Waals surface area contributed by atoms with Crippen LogP contribution in [0.25, 0.3) is 22.8 Å². The lowest BCUT2D eigenvalue weighted by Crippen LogP contribution is -2.38. The number of nitrogens with two attached hydrogens (primary N) is 1. The number of hydrogen-bond acceptors (Lipinski definition) is 7. The zero-order valence-corrected chi connectivity index (χ0v) is 22.1. The van der Waals surface area contributed by atoms with E-state index in [9.17, 15) is 14.7 Å². The number of anilines is 1. The topological polar surface area (TPSA) is 152 Å². The molecule has 0 bridgehead atoms. The maximum absolute atomic E-state index is 13.2. The standard InChI is InChI=1S/C29H30N8O3/c1-36-27(20-9-5-13-37(16-20)29(39)40)34-26(35-36)24-25(30)31-15-23(32-24)18-7-4-8-19(14-18)28(38)33-22-12-11-17-6-2-3-10-21(17)22/h2-4,6-8,10,14-15,20,22H,5,9,11-13,16H2,1H3,(H2,30,31)(H,33,38)(H,39,40)/t20-,22+/m1/s1. The third-order valence-electron chi connectivity index (χ3n) is 7.73. The number of benzene rings is 2. The first-order valence-corrected chi connectivity index (χ1v) is 13.4. The first kappa shape index (κ1) is 25.5. The molecule has 4 aromatic rings. The molecular formula is C29H30N8O3. The van der Waals surface area contributed by atoms with Crippen molar-refractivity contribution < 1.29 is 14.7 Å². The van der Waals surface area contributed by atoms with E-state index in [-0.39, 0.29) is 23.7 Å². The first-order chi connectivity index (χ1) is 19.4. The van der Waals surface area contributed by atoms with Gasteiger partial charge in [0, 0.05) is 37.2 Å². The van der Waals surface area contributed by atoms with Crippen LogP contribution in [0.15, 0.2) is 54.7 Å². The van der Waals surface area contributed by atoms with Crippen LogP contribution in [-0.4, -0.2) is 59.8 Å². The highest BCUT2D eigenvalue weighted by Crippen LogP contribution is 2.32. The molecule has 0 spiro atoms. The number of carbonyl (C=O) groups excluding carboxylic acids is 1. The molecule has 11 nitrogen and oxygen atoms in total. The van der Waals surface area contributed by atoms with Crippen molar-refractivity contribution in [3.8, 4) is 22.8 Å². The maximum atomic E-state index is 13.2. The van der Waals surface area contributed by atoms with E-state index in [1.54, 1.807) is 30.1 Å². The second-order valence-corrected chi connectivity index (χ2v) is 10.3. The van der Waals surface area contributed by atoms with Crippen LogP contribution in [0.2, 0.25) is 0 Å². The van der Waals surface area contributed by atoms with Crippen molar-refractivity contribution in [1.82, 2.24) is 34.9 Å². The van der Waals surface area contributed by atoms with E-state index < -0.39 is 6.09 Å². The van der Waals surface area contributed by atoms with Crippen molar-refractivity contribution in [3.05, 3.63) is 77.2 Å². The van der Waals surface area contributed by atoms with Crippen LogP contribution in [0, 0.1) is 0 Å². The average Bonchev–Trinajstić information content (AvgIpc) is 3.56. The quantitative estimate of drug-likeness (QED) is 0.347. The van der Waals surface area contributed by atoms with Crippen LogP contribution < -0.4 is 11.1 Å². The summed E-state index contributed by atoms with van der Waals surface area (Å²) in [6.07, 6.45) is 4.04. The minimum absolute atomic E-state index is 0.00792. The number of fused-ring (bicyclic) bond motifs is 1. The molecule has 11 heteroatoms. The number of nitrogen functional groups attached to an aromatic ring is 1. The number of aryl methyl sites for hydroxylation is 2. The molecule has 2 aromatic carbocycles. The van der Waals surface area contributed by atoms with Crippen molar-refractivity contribution >= 4 is 17.8 Å². The molecule has 204 valence electrons. The monoisotopic (exact) mass is 538 g/mol. The number of likely N-dealkylation sites (tertiary alicyclic amines) is 1. The SMILES string of the molecule is Cn1nc(-c2nc(-c3cccc(C(=O)N[C@H]4CCc5ccccc54)c3)cnc2N)nc1[C@@H]1CCCN(C(=O)O)C1. The Hall–Kier alpha value is -4.80. The summed E-state index contributed by atoms with van der Waals surface area (Å²) in [7, 11) is 1.78. The average molecular weight is 539 g/mol. The molecule has 2 atom stereocenters. The van der Waals surface area contributed by atoms with Gasteiger partial charge in [-0.05, 0) is 48.9 Å². The highest BCUT2D eigenvalue weighted by molar-refractivity contribution is 5.95. The molecule has 0 unspecified atom stereocenters. The van der Waals surface area contributed by atoms with E-state index >= 15 is 0 Å². The molecule has 1 fully saturated rings. The Bertz CT molecular complexity index is 1600. The summed E-state index contributed by atoms with van der Waals surface area (Å²) in [4.78, 5) is 39.8. The smallest absolute Gasteiger partial charge is 0.407 e. The summed E-state index contributed by atoms with van der Waals surface area (Å²) in [5.41, 5.74) is 10.8. The van der Waals surface area contributed by atoms with Crippen LogP contribution in [0.4, 0.5) is 10.6 Å². The van der Waals surface area contributed by atoms with E-state index in [4.69, 9.17) is 15.7 Å². The van der Waals surface area contributed by atoms with Crippen LogP contribution in [0.3, 0.4) is 0 Å². The Balaban J connectivity index is 1.24. The van der Waals surface area contributed by atoms with Gasteiger partial charge in [0.05, 0.1) is 17.9 Å². The van der Waals surface area contributed by atoms with Crippen molar-refractivity contribution in [2.24, 2.45) is 7.05 Å². The number of carboxylic acid groups (broad SMARTS) is 1. The normalized spacial score (nSPS) is 18.4. The molecule has 1 saturated heterocycles. The number of hydrogen-bond donors (Lipinski definition) is 3. The summed E-state index contributed by atoms with van der Waals surface area (Å²) in [5, 5.41) is 17.1. The minimum atomic E-state index is -0.932. The lowest BCUT2D eigenvalue weighted by molar-refractivity contribution is 0.0936. The molecule has 40 heavy (non-hydrogen) atoms. The van der Waals surface area contributed by atoms with Gasteiger partial charge in [0.15, 0.2) is 11.5 Å². The van der Waals surface area contributed by atoms with Gasteiger partial charge in [0.1, 0.15) is 5.82 Å². The fourth-order valence-corrected chi connectivity index (χ4v) is 5.68. The van der Waals surface area contributed by atoms with Crippen molar-refractivity contribution in [1.29, 1.82) is 0 Å². The molecule has 2 amide bonds. The van der Waals surface area contributed by atoms with E-state index in [2.05, 4.69) is 27.5 Å². The van der Waals surface area contributed by atoms with Crippen molar-refractivity contribution in [3.63, 3.8) is 0 Å². The fourth-order valence-electron chi connectivity index (χ4n) is 5.68. The molecule has 2 aliphatic rings. The van der Waals surface area contributed by atoms with Gasteiger partial charge in [-0.1, -0.05) is 36.4 Å². The van der Waals surface area contributed by atoms with Crippen LogP contribution >= 0.6 is 0 Å². The second kappa shape index (κ2) is 10.4. The molecule has 1 aliphatic heterocycles. The summed E-state index contributed by atoms with van der Waals surface area (Å²) in [5.74, 6) is 0.970. The van der Waals surface area contributed by atoms with Gasteiger partial charge in [-0.25, -0.2) is 19.7 Å². The zero-order valence-electron chi connectivity index (χ0n) is 22.1. The molecule has 0 radical (unpaired) electrons. The molecule has 6 rings (SSSR count). The van der Waals surface area contributed by atoms with Gasteiger partial charge < -0.3 is 21.1 Å².